The van der Waals surface area contributed by atoms with Crippen molar-refractivity contribution in [3.05, 3.63) is 11.9 Å². The molecule has 0 aromatic carbocycles. The molecule has 4 nitrogen and oxygen atoms in total. The summed E-state index contributed by atoms with van der Waals surface area (Å²) in [6, 6.07) is 0.479. The summed E-state index contributed by atoms with van der Waals surface area (Å²) in [5, 5.41) is 6.85. The van der Waals surface area contributed by atoms with Crippen LogP contribution in [0.5, 0.6) is 0 Å². The van der Waals surface area contributed by atoms with E-state index in [1.54, 1.807) is 6.33 Å². The molecule has 0 unspecified atom stereocenters. The van der Waals surface area contributed by atoms with E-state index < -0.39 is 0 Å². The Kier molecular flexibility index (Phi) is 5.89. The Morgan fingerprint density at radius 2 is 1.67 bits per heavy atom. The van der Waals surface area contributed by atoms with Gasteiger partial charge in [-0.1, -0.05) is 27.7 Å². The molecule has 1 aromatic rings. The minimum atomic E-state index is 0.400. The summed E-state index contributed by atoms with van der Waals surface area (Å²) in [6.45, 7) is 11.7. The average molecular weight is 250 g/mol. The normalized spacial score (nSPS) is 11.1. The zero-order valence-electron chi connectivity index (χ0n) is 12.2. The van der Waals surface area contributed by atoms with Crippen molar-refractivity contribution in [2.45, 2.75) is 59.4 Å². The molecule has 0 aliphatic carbocycles. The highest BCUT2D eigenvalue weighted by Crippen LogP contribution is 2.29. The van der Waals surface area contributed by atoms with Crippen LogP contribution in [0.2, 0.25) is 0 Å². The summed E-state index contributed by atoms with van der Waals surface area (Å²) >= 11 is 0. The molecular formula is C14H26N4. The minimum absolute atomic E-state index is 0.400. The lowest BCUT2D eigenvalue weighted by atomic mass is 10.0. The molecule has 0 amide bonds. The van der Waals surface area contributed by atoms with E-state index in [2.05, 4.69) is 55.2 Å². The molecule has 1 rings (SSSR count). The largest absolute Gasteiger partial charge is 0.370 e. The Hall–Kier alpha value is -1.32. The molecule has 102 valence electrons. The van der Waals surface area contributed by atoms with Gasteiger partial charge in [-0.25, -0.2) is 9.97 Å². The molecule has 0 saturated heterocycles. The van der Waals surface area contributed by atoms with E-state index in [0.717, 1.165) is 31.0 Å². The van der Waals surface area contributed by atoms with Crippen LogP contribution in [0, 0.1) is 0 Å². The van der Waals surface area contributed by atoms with Crippen molar-refractivity contribution in [1.82, 2.24) is 9.97 Å². The van der Waals surface area contributed by atoms with Crippen LogP contribution in [0.4, 0.5) is 11.6 Å². The lowest BCUT2D eigenvalue weighted by Crippen LogP contribution is -2.20. The first-order chi connectivity index (χ1) is 8.63. The van der Waals surface area contributed by atoms with Crippen molar-refractivity contribution >= 4 is 11.6 Å². The van der Waals surface area contributed by atoms with Crippen LogP contribution in [0.15, 0.2) is 6.33 Å². The van der Waals surface area contributed by atoms with E-state index in [1.165, 1.54) is 5.56 Å². The molecule has 0 saturated carbocycles. The molecule has 1 aromatic heterocycles. The molecule has 0 bridgehead atoms. The highest BCUT2D eigenvalue weighted by molar-refractivity contribution is 5.59. The van der Waals surface area contributed by atoms with Gasteiger partial charge in [0.15, 0.2) is 0 Å². The predicted molar refractivity (Wildman–Crippen MR) is 78.3 cm³/mol. The van der Waals surface area contributed by atoms with Gasteiger partial charge in [0.05, 0.1) is 0 Å². The fraction of sp³-hybridized carbons (Fsp3) is 0.714. The number of hydrogen-bond donors (Lipinski definition) is 2. The van der Waals surface area contributed by atoms with Gasteiger partial charge in [0.1, 0.15) is 18.0 Å². The minimum Gasteiger partial charge on any atom is -0.370 e. The summed E-state index contributed by atoms with van der Waals surface area (Å²) in [7, 11) is 0. The number of nitrogens with one attached hydrogen (secondary N) is 2. The molecule has 0 aliphatic heterocycles. The Balaban J connectivity index is 3.05. The van der Waals surface area contributed by atoms with Crippen LogP contribution in [0.3, 0.4) is 0 Å². The number of aromatic nitrogens is 2. The SMILES string of the molecule is CCNc1ncnc(NC(CC)CC)c1C(C)C. The summed E-state index contributed by atoms with van der Waals surface area (Å²) < 4.78 is 0. The van der Waals surface area contributed by atoms with E-state index in [4.69, 9.17) is 0 Å². The van der Waals surface area contributed by atoms with Crippen molar-refractivity contribution in [3.8, 4) is 0 Å². The van der Waals surface area contributed by atoms with Crippen LogP contribution in [0.25, 0.3) is 0 Å². The highest BCUT2D eigenvalue weighted by atomic mass is 15.1. The van der Waals surface area contributed by atoms with E-state index in [0.29, 0.717) is 12.0 Å². The summed E-state index contributed by atoms with van der Waals surface area (Å²) in [4.78, 5) is 8.76. The molecule has 0 atom stereocenters. The van der Waals surface area contributed by atoms with E-state index in [1.807, 2.05) is 0 Å². The first-order valence-corrected chi connectivity index (χ1v) is 6.99. The van der Waals surface area contributed by atoms with Gasteiger partial charge in [0, 0.05) is 18.2 Å². The van der Waals surface area contributed by atoms with E-state index in [-0.39, 0.29) is 0 Å². The molecule has 0 fully saturated rings. The molecule has 1 heterocycles. The Bertz CT molecular complexity index is 359. The third-order valence-electron chi connectivity index (χ3n) is 3.13. The number of anilines is 2. The van der Waals surface area contributed by atoms with Crippen molar-refractivity contribution in [2.75, 3.05) is 17.2 Å². The second kappa shape index (κ2) is 7.19. The molecule has 0 aliphatic rings. The maximum atomic E-state index is 4.42. The van der Waals surface area contributed by atoms with Crippen LogP contribution in [0.1, 0.15) is 58.9 Å². The van der Waals surface area contributed by atoms with Crippen molar-refractivity contribution in [1.29, 1.82) is 0 Å². The zero-order chi connectivity index (χ0) is 13.5. The molecule has 4 heteroatoms. The fourth-order valence-corrected chi connectivity index (χ4v) is 2.05. The zero-order valence-corrected chi connectivity index (χ0v) is 12.2. The van der Waals surface area contributed by atoms with Gasteiger partial charge in [-0.3, -0.25) is 0 Å². The number of nitrogens with zero attached hydrogens (tertiary/aromatic N) is 2. The predicted octanol–water partition coefficient (Wildman–Crippen LogP) is 3.63. The Labute approximate surface area is 111 Å². The second-order valence-electron chi connectivity index (χ2n) is 4.83. The summed E-state index contributed by atoms with van der Waals surface area (Å²) in [6.07, 6.45) is 3.84. The van der Waals surface area contributed by atoms with Crippen LogP contribution in [-0.2, 0) is 0 Å². The van der Waals surface area contributed by atoms with Crippen LogP contribution < -0.4 is 10.6 Å². The second-order valence-corrected chi connectivity index (χ2v) is 4.83. The topological polar surface area (TPSA) is 49.8 Å². The monoisotopic (exact) mass is 250 g/mol. The van der Waals surface area contributed by atoms with Crippen molar-refractivity contribution < 1.29 is 0 Å². The molecular weight excluding hydrogens is 224 g/mol. The summed E-state index contributed by atoms with van der Waals surface area (Å²) in [5.74, 6) is 2.33. The highest BCUT2D eigenvalue weighted by Gasteiger charge is 2.16. The fourth-order valence-electron chi connectivity index (χ4n) is 2.05. The van der Waals surface area contributed by atoms with Gasteiger partial charge in [-0.15, -0.1) is 0 Å². The maximum absolute atomic E-state index is 4.42. The first kappa shape index (κ1) is 14.7. The molecule has 18 heavy (non-hydrogen) atoms. The van der Waals surface area contributed by atoms with Gasteiger partial charge in [-0.2, -0.15) is 0 Å². The van der Waals surface area contributed by atoms with Crippen molar-refractivity contribution in [2.24, 2.45) is 0 Å². The lowest BCUT2D eigenvalue weighted by Gasteiger charge is -2.21. The van der Waals surface area contributed by atoms with E-state index >= 15 is 0 Å². The third-order valence-corrected chi connectivity index (χ3v) is 3.13. The van der Waals surface area contributed by atoms with Gasteiger partial charge in [0.25, 0.3) is 0 Å². The van der Waals surface area contributed by atoms with Crippen LogP contribution >= 0.6 is 0 Å². The Morgan fingerprint density at radius 1 is 1.06 bits per heavy atom. The maximum Gasteiger partial charge on any atom is 0.135 e. The van der Waals surface area contributed by atoms with Crippen LogP contribution in [-0.4, -0.2) is 22.6 Å². The van der Waals surface area contributed by atoms with Gasteiger partial charge < -0.3 is 10.6 Å². The van der Waals surface area contributed by atoms with Gasteiger partial charge in [-0.05, 0) is 25.7 Å². The number of rotatable bonds is 7. The first-order valence-electron chi connectivity index (χ1n) is 6.99. The lowest BCUT2D eigenvalue weighted by molar-refractivity contribution is 0.664. The number of hydrogen-bond acceptors (Lipinski definition) is 4. The standard InChI is InChI=1S/C14H26N4/c1-6-11(7-2)18-14-12(10(4)5)13(15-8-3)16-9-17-14/h9-11H,6-8H2,1-5H3,(H2,15,16,17,18). The molecule has 2 N–H and O–H groups in total. The Morgan fingerprint density at radius 3 is 2.17 bits per heavy atom. The third kappa shape index (κ3) is 3.59. The summed E-state index contributed by atoms with van der Waals surface area (Å²) in [5.41, 5.74) is 1.19. The van der Waals surface area contributed by atoms with Crippen molar-refractivity contribution in [3.63, 3.8) is 0 Å². The smallest absolute Gasteiger partial charge is 0.135 e. The van der Waals surface area contributed by atoms with Gasteiger partial charge in [0.2, 0.25) is 0 Å². The molecule has 0 spiro atoms. The quantitative estimate of drug-likeness (QED) is 0.776. The molecule has 0 radical (unpaired) electrons. The van der Waals surface area contributed by atoms with E-state index in [9.17, 15) is 0 Å². The van der Waals surface area contributed by atoms with Gasteiger partial charge >= 0.3 is 0 Å². The average Bonchev–Trinajstić information content (AvgIpc) is 2.36.